The lowest BCUT2D eigenvalue weighted by atomic mass is 9.90. The van der Waals surface area contributed by atoms with Gasteiger partial charge in [-0.05, 0) is 119 Å². The molecule has 9 N–H and O–H groups in total. The van der Waals surface area contributed by atoms with Crippen LogP contribution in [-0.2, 0) is 25.7 Å². The van der Waals surface area contributed by atoms with E-state index in [1.165, 1.54) is 18.7 Å². The fourth-order valence-corrected chi connectivity index (χ4v) is 5.54. The number of quaternary nitrogens is 1. The van der Waals surface area contributed by atoms with E-state index in [4.69, 9.17) is 16.6 Å². The number of hydrogen-bond acceptors (Lipinski definition) is 7. The van der Waals surface area contributed by atoms with Crippen molar-refractivity contribution in [1.29, 1.82) is 0 Å². The van der Waals surface area contributed by atoms with E-state index in [1.807, 2.05) is 55.4 Å². The molecular formula is C36H51ClN4O9. The number of aliphatic carboxylic acids is 2. The summed E-state index contributed by atoms with van der Waals surface area (Å²) < 4.78 is 0. The topological polar surface area (TPSA) is 243 Å². The minimum Gasteiger partial charge on any atom is -1.00 e. The molecule has 0 bridgehead atoms. The number of carboxylic acids is 2. The van der Waals surface area contributed by atoms with Crippen molar-refractivity contribution < 1.29 is 61.9 Å². The zero-order valence-corrected chi connectivity index (χ0v) is 31.4. The predicted molar refractivity (Wildman–Crippen MR) is 183 cm³/mol. The van der Waals surface area contributed by atoms with Gasteiger partial charge in [0.2, 0.25) is 11.8 Å². The Kier molecular flexibility index (Phi) is 16.2. The minimum absolute atomic E-state index is 0. The highest BCUT2D eigenvalue weighted by Crippen LogP contribution is 2.38. The van der Waals surface area contributed by atoms with E-state index in [0.29, 0.717) is 16.7 Å². The molecule has 2 unspecified atom stereocenters. The van der Waals surface area contributed by atoms with Crippen LogP contribution in [0.1, 0.15) is 121 Å². The molecule has 1 aliphatic rings. The molecule has 14 heteroatoms. The second-order valence-electron chi connectivity index (χ2n) is 13.2. The first-order chi connectivity index (χ1) is 22.4. The molecule has 2 atom stereocenters. The third-order valence-corrected chi connectivity index (χ3v) is 9.97. The minimum atomic E-state index is -1.47. The highest BCUT2D eigenvalue weighted by Gasteiger charge is 2.47. The maximum atomic E-state index is 13.0. The van der Waals surface area contributed by atoms with Crippen LogP contribution in [0.5, 0.6) is 0 Å². The normalized spacial score (nSPS) is 13.9. The van der Waals surface area contributed by atoms with E-state index in [-0.39, 0.29) is 50.5 Å². The number of rotatable bonds is 11. The Hall–Kier alpha value is -4.62. The van der Waals surface area contributed by atoms with Crippen molar-refractivity contribution in [2.75, 3.05) is 0 Å². The van der Waals surface area contributed by atoms with Gasteiger partial charge >= 0.3 is 11.9 Å². The Morgan fingerprint density at radius 2 is 1.08 bits per heavy atom. The summed E-state index contributed by atoms with van der Waals surface area (Å²) in [5.41, 5.74) is 21.5. The van der Waals surface area contributed by atoms with E-state index >= 15 is 0 Å². The molecule has 13 nitrogen and oxygen atoms in total. The van der Waals surface area contributed by atoms with Gasteiger partial charge in [0.25, 0.3) is 5.91 Å². The number of nitrogens with zero attached hydrogens (tertiary/aromatic N) is 1. The molecule has 1 heterocycles. The number of carboxylic acid groups (broad SMARTS) is 2. The Balaban J connectivity index is 0.000000787. The standard InChI is InChI=1S/C18H24N2O4.C12H14O2.C6H12N2O3.ClH/c1-9-10(2)12(4)15-13(11(9)3)8-20(16(15)22)18(5,17(23)24)7-6-14(19)21;1-7-8(2)10(4)12(6-14)11(5-13)9(7)3;1-6(8,5(10)11)3-2-4(7)9;/h6-8H2,1-5H3,(H2,19,21)(H,23,24);5-6H,1-4H3;2-3,8H2,1H3,(H2,7,9)(H,10,11);1H. The number of carbonyl (C=O) groups is 7. The van der Waals surface area contributed by atoms with Gasteiger partial charge in [0, 0.05) is 49.4 Å². The monoisotopic (exact) mass is 718 g/mol. The van der Waals surface area contributed by atoms with E-state index in [0.717, 1.165) is 62.6 Å². The van der Waals surface area contributed by atoms with Crippen molar-refractivity contribution in [2.24, 2.45) is 11.5 Å². The number of hydrogen-bond donors (Lipinski definition) is 5. The molecule has 3 amide bonds. The summed E-state index contributed by atoms with van der Waals surface area (Å²) in [6.07, 6.45) is 1.67. The Morgan fingerprint density at radius 3 is 1.44 bits per heavy atom. The van der Waals surface area contributed by atoms with Gasteiger partial charge in [-0.15, -0.1) is 0 Å². The predicted octanol–water partition coefficient (Wildman–Crippen LogP) is -0.129. The second kappa shape index (κ2) is 17.9. The van der Waals surface area contributed by atoms with Crippen molar-refractivity contribution in [3.8, 4) is 0 Å². The summed E-state index contributed by atoms with van der Waals surface area (Å²) in [5, 5.41) is 18.2. The molecule has 2 aromatic rings. The smallest absolute Gasteiger partial charge is 0.365 e. The highest BCUT2D eigenvalue weighted by molar-refractivity contribution is 6.03. The first-order valence-corrected chi connectivity index (χ1v) is 15.7. The maximum absolute atomic E-state index is 13.0. The molecule has 1 aliphatic heterocycles. The third-order valence-electron chi connectivity index (χ3n) is 9.97. The lowest BCUT2D eigenvalue weighted by molar-refractivity contribution is -0.457. The average molecular weight is 719 g/mol. The van der Waals surface area contributed by atoms with E-state index < -0.39 is 34.8 Å². The molecule has 0 fully saturated rings. The molecule has 50 heavy (non-hydrogen) atoms. The Morgan fingerprint density at radius 1 is 0.700 bits per heavy atom. The van der Waals surface area contributed by atoms with Crippen LogP contribution in [0.25, 0.3) is 0 Å². The fraction of sp³-hybridized carbons (Fsp3) is 0.472. The van der Waals surface area contributed by atoms with Crippen molar-refractivity contribution in [1.82, 2.24) is 4.90 Å². The first-order valence-electron chi connectivity index (χ1n) is 15.7. The molecule has 0 saturated heterocycles. The van der Waals surface area contributed by atoms with E-state index in [9.17, 15) is 38.7 Å². The summed E-state index contributed by atoms with van der Waals surface area (Å²) in [6.45, 7) is 18.7. The highest BCUT2D eigenvalue weighted by atomic mass is 35.5. The van der Waals surface area contributed by atoms with Gasteiger partial charge in [0.1, 0.15) is 5.54 Å². The van der Waals surface area contributed by atoms with Gasteiger partial charge in [-0.3, -0.25) is 24.0 Å². The quantitative estimate of drug-likeness (QED) is 0.194. The second-order valence-corrected chi connectivity index (χ2v) is 13.2. The van der Waals surface area contributed by atoms with Gasteiger partial charge in [-0.2, -0.15) is 0 Å². The number of fused-ring (bicyclic) bond motifs is 1. The van der Waals surface area contributed by atoms with Crippen molar-refractivity contribution in [3.05, 3.63) is 66.8 Å². The number of halogens is 1. The van der Waals surface area contributed by atoms with Crippen LogP contribution in [0.2, 0.25) is 0 Å². The SMILES string of the molecule is CC([NH3+])(CCC(N)=O)C(=O)O.Cc1c(C)c(C)c(C=O)c(C=O)c1C.Cc1c(C)c(C)c2c(c1C)CN(C(C)(CCC(N)=O)C(=O)O)C2=O.[Cl-]. The summed E-state index contributed by atoms with van der Waals surface area (Å²) in [6, 6.07) is 0. The lowest BCUT2D eigenvalue weighted by Gasteiger charge is -2.34. The summed E-state index contributed by atoms with van der Waals surface area (Å²) in [4.78, 5) is 79.7. The molecule has 0 saturated carbocycles. The summed E-state index contributed by atoms with van der Waals surface area (Å²) >= 11 is 0. The van der Waals surface area contributed by atoms with Crippen LogP contribution in [-0.4, -0.2) is 68.4 Å². The number of amides is 3. The average Bonchev–Trinajstić information content (AvgIpc) is 3.39. The van der Waals surface area contributed by atoms with Gasteiger partial charge in [-0.1, -0.05) is 0 Å². The van der Waals surface area contributed by atoms with Crippen LogP contribution in [0.15, 0.2) is 0 Å². The first kappa shape index (κ1) is 45.4. The molecule has 3 rings (SSSR count). The van der Waals surface area contributed by atoms with Gasteiger partial charge < -0.3 is 44.7 Å². The number of nitrogens with two attached hydrogens (primary N) is 2. The van der Waals surface area contributed by atoms with Crippen LogP contribution in [0.3, 0.4) is 0 Å². The largest absolute Gasteiger partial charge is 1.00 e. The number of primary amides is 2. The number of aldehydes is 2. The van der Waals surface area contributed by atoms with E-state index in [2.05, 4.69) is 5.73 Å². The van der Waals surface area contributed by atoms with Gasteiger partial charge in [-0.25, -0.2) is 9.59 Å². The summed E-state index contributed by atoms with van der Waals surface area (Å²) in [7, 11) is 0. The zero-order valence-electron chi connectivity index (χ0n) is 30.6. The van der Waals surface area contributed by atoms with Crippen LogP contribution in [0, 0.1) is 55.4 Å². The molecule has 0 aliphatic carbocycles. The fourth-order valence-electron chi connectivity index (χ4n) is 5.54. The van der Waals surface area contributed by atoms with Crippen LogP contribution >= 0.6 is 0 Å². The molecule has 2 aromatic carbocycles. The number of carbonyl (C=O) groups excluding carboxylic acids is 5. The molecular weight excluding hydrogens is 668 g/mol. The number of benzene rings is 2. The van der Waals surface area contributed by atoms with Gasteiger partial charge in [0.15, 0.2) is 18.1 Å². The Labute approximate surface area is 299 Å². The molecule has 0 spiro atoms. The van der Waals surface area contributed by atoms with Crippen LogP contribution in [0.4, 0.5) is 0 Å². The van der Waals surface area contributed by atoms with Crippen LogP contribution < -0.4 is 29.6 Å². The van der Waals surface area contributed by atoms with Crippen molar-refractivity contribution >= 4 is 42.2 Å². The lowest BCUT2D eigenvalue weighted by Crippen LogP contribution is -3.00. The summed E-state index contributed by atoms with van der Waals surface area (Å²) in [5.74, 6) is -3.51. The van der Waals surface area contributed by atoms with E-state index in [1.54, 1.807) is 0 Å². The maximum Gasteiger partial charge on any atom is 0.365 e. The molecule has 276 valence electrons. The van der Waals surface area contributed by atoms with Crippen molar-refractivity contribution in [2.45, 2.75) is 113 Å². The molecule has 0 aromatic heterocycles. The van der Waals surface area contributed by atoms with Crippen molar-refractivity contribution in [3.63, 3.8) is 0 Å². The Bertz CT molecular complexity index is 1660. The molecule has 0 radical (unpaired) electrons. The zero-order chi connectivity index (χ0) is 38.3. The third kappa shape index (κ3) is 9.75. The van der Waals surface area contributed by atoms with Gasteiger partial charge in [0.05, 0.1) is 0 Å².